The largest absolute Gasteiger partial charge is 0.256 e. The van der Waals surface area contributed by atoms with Gasteiger partial charge in [0.2, 0.25) is 0 Å². The van der Waals surface area contributed by atoms with E-state index < -0.39 is 0 Å². The second kappa shape index (κ2) is 13.7. The van der Waals surface area contributed by atoms with Crippen LogP contribution in [0.2, 0.25) is 0 Å². The summed E-state index contributed by atoms with van der Waals surface area (Å²) in [6.45, 7) is 0. The Labute approximate surface area is 358 Å². The first kappa shape index (κ1) is 34.6. The third kappa shape index (κ3) is 5.23. The molecule has 0 saturated carbocycles. The molecule has 11 aromatic carbocycles. The van der Waals surface area contributed by atoms with Crippen LogP contribution in [-0.4, -0.2) is 9.97 Å². The van der Waals surface area contributed by atoms with Gasteiger partial charge in [0.15, 0.2) is 0 Å². The van der Waals surface area contributed by atoms with Gasteiger partial charge in [0, 0.05) is 44.7 Å². The van der Waals surface area contributed by atoms with Gasteiger partial charge >= 0.3 is 0 Å². The van der Waals surface area contributed by atoms with Crippen LogP contribution in [0.1, 0.15) is 0 Å². The van der Waals surface area contributed by atoms with Crippen molar-refractivity contribution >= 4 is 86.4 Å². The van der Waals surface area contributed by atoms with E-state index in [1.165, 1.54) is 98.4 Å². The van der Waals surface area contributed by atoms with Gasteiger partial charge < -0.3 is 0 Å². The zero-order valence-corrected chi connectivity index (χ0v) is 33.7. The average molecular weight is 785 g/mol. The van der Waals surface area contributed by atoms with Crippen LogP contribution in [-0.2, 0) is 0 Å². The predicted octanol–water partition coefficient (Wildman–Crippen LogP) is 16.4. The van der Waals surface area contributed by atoms with Crippen LogP contribution < -0.4 is 0 Å². The van der Waals surface area contributed by atoms with Crippen molar-refractivity contribution in [2.24, 2.45) is 0 Å². The summed E-state index contributed by atoms with van der Waals surface area (Å²) in [5.41, 5.74) is 11.7. The molecule has 0 saturated heterocycles. The fourth-order valence-corrected chi connectivity index (χ4v) is 10.3. The van der Waals surface area contributed by atoms with Gasteiger partial charge in [-0.1, -0.05) is 176 Å². The molecule has 0 amide bonds. The highest BCUT2D eigenvalue weighted by Crippen LogP contribution is 2.48. The first-order valence-electron chi connectivity index (χ1n) is 21.3. The molecule has 0 radical (unpaired) electrons. The zero-order valence-electron chi connectivity index (χ0n) is 33.7. The minimum Gasteiger partial charge on any atom is -0.256 e. The van der Waals surface area contributed by atoms with Crippen molar-refractivity contribution in [3.63, 3.8) is 0 Å². The Morgan fingerprint density at radius 3 is 1.10 bits per heavy atom. The number of aromatic nitrogens is 2. The summed E-state index contributed by atoms with van der Waals surface area (Å²) >= 11 is 0. The highest BCUT2D eigenvalue weighted by molar-refractivity contribution is 6.29. The molecule has 0 aliphatic heterocycles. The van der Waals surface area contributed by atoms with Crippen molar-refractivity contribution in [1.29, 1.82) is 0 Å². The van der Waals surface area contributed by atoms with Crippen molar-refractivity contribution in [3.05, 3.63) is 219 Å². The van der Waals surface area contributed by atoms with Crippen LogP contribution in [0.4, 0.5) is 0 Å². The van der Waals surface area contributed by atoms with E-state index in [-0.39, 0.29) is 0 Å². The minimum atomic E-state index is 0.995. The van der Waals surface area contributed by atoms with Crippen molar-refractivity contribution in [1.82, 2.24) is 9.97 Å². The summed E-state index contributed by atoms with van der Waals surface area (Å²) in [6.07, 6.45) is 4.19. The van der Waals surface area contributed by atoms with E-state index in [0.29, 0.717) is 0 Å². The monoisotopic (exact) mass is 784 g/mol. The maximum absolute atomic E-state index is 5.08. The Morgan fingerprint density at radius 1 is 0.226 bits per heavy atom. The molecule has 0 spiro atoms. The summed E-state index contributed by atoms with van der Waals surface area (Å²) in [7, 11) is 0. The number of fused-ring (bicyclic) bond motifs is 10. The lowest BCUT2D eigenvalue weighted by molar-refractivity contribution is 1.45. The molecule has 2 heteroatoms. The molecular weight excluding hydrogens is 749 g/mol. The van der Waals surface area contributed by atoms with Crippen LogP contribution in [0.3, 0.4) is 0 Å². The number of hydrogen-bond acceptors (Lipinski definition) is 2. The van der Waals surface area contributed by atoms with E-state index in [0.717, 1.165) is 32.6 Å². The van der Waals surface area contributed by atoms with Crippen molar-refractivity contribution in [2.75, 3.05) is 0 Å². The van der Waals surface area contributed by atoms with E-state index in [2.05, 4.69) is 219 Å². The summed E-state index contributed by atoms with van der Waals surface area (Å²) in [4.78, 5) is 10.1. The molecule has 286 valence electrons. The molecule has 13 aromatic rings. The Morgan fingerprint density at radius 2 is 0.581 bits per heavy atom. The van der Waals surface area contributed by atoms with Crippen LogP contribution >= 0.6 is 0 Å². The minimum absolute atomic E-state index is 0.995. The smallest absolute Gasteiger partial charge is 0.0708 e. The lowest BCUT2D eigenvalue weighted by Gasteiger charge is -2.20. The molecule has 0 aliphatic carbocycles. The maximum atomic E-state index is 5.08. The summed E-state index contributed by atoms with van der Waals surface area (Å²) < 4.78 is 0. The van der Waals surface area contributed by atoms with Gasteiger partial charge in [0.1, 0.15) is 0 Å². The number of para-hydroxylation sites is 2. The highest BCUT2D eigenvalue weighted by atomic mass is 14.7. The van der Waals surface area contributed by atoms with Crippen LogP contribution in [0.15, 0.2) is 219 Å². The summed E-state index contributed by atoms with van der Waals surface area (Å²) in [5.74, 6) is 0. The number of benzene rings is 11. The fourth-order valence-electron chi connectivity index (χ4n) is 10.3. The highest BCUT2D eigenvalue weighted by Gasteiger charge is 2.22. The molecule has 2 heterocycles. The second-order valence-electron chi connectivity index (χ2n) is 16.4. The summed E-state index contributed by atoms with van der Waals surface area (Å²) in [6, 6.07) is 75.2. The van der Waals surface area contributed by atoms with Gasteiger partial charge in [-0.05, 0) is 118 Å². The fraction of sp³-hybridized carbons (Fsp3) is 0. The molecule has 0 fully saturated rings. The molecule has 2 nitrogen and oxygen atoms in total. The molecule has 2 aromatic heterocycles. The zero-order chi connectivity index (χ0) is 40.7. The van der Waals surface area contributed by atoms with Crippen LogP contribution in [0, 0.1) is 0 Å². The van der Waals surface area contributed by atoms with Gasteiger partial charge in [-0.3, -0.25) is 9.97 Å². The quantitative estimate of drug-likeness (QED) is 0.131. The average Bonchev–Trinajstić information content (AvgIpc) is 3.34. The van der Waals surface area contributed by atoms with Gasteiger partial charge in [0.25, 0.3) is 0 Å². The lowest BCUT2D eigenvalue weighted by atomic mass is 9.84. The molecule has 0 unspecified atom stereocenters. The second-order valence-corrected chi connectivity index (χ2v) is 16.4. The van der Waals surface area contributed by atoms with Crippen LogP contribution in [0.25, 0.3) is 131 Å². The Balaban J connectivity index is 1.05. The first-order chi connectivity index (χ1) is 30.8. The maximum Gasteiger partial charge on any atom is 0.0708 e. The third-order valence-electron chi connectivity index (χ3n) is 13.0. The van der Waals surface area contributed by atoms with E-state index >= 15 is 0 Å². The van der Waals surface area contributed by atoms with Crippen LogP contribution in [0.5, 0.6) is 0 Å². The molecule has 0 bridgehead atoms. The molecule has 13 rings (SSSR count). The number of pyridine rings is 2. The topological polar surface area (TPSA) is 25.8 Å². The van der Waals surface area contributed by atoms with Gasteiger partial charge in [0.05, 0.1) is 11.0 Å². The molecule has 62 heavy (non-hydrogen) atoms. The van der Waals surface area contributed by atoms with Gasteiger partial charge in [-0.2, -0.15) is 0 Å². The van der Waals surface area contributed by atoms with Crippen molar-refractivity contribution in [2.45, 2.75) is 0 Å². The van der Waals surface area contributed by atoms with Gasteiger partial charge in [-0.25, -0.2) is 0 Å². The van der Waals surface area contributed by atoms with E-state index in [9.17, 15) is 0 Å². The lowest BCUT2D eigenvalue weighted by Crippen LogP contribution is -1.94. The normalized spacial score (nSPS) is 11.9. The Bertz CT molecular complexity index is 3980. The molecule has 0 aliphatic rings. The molecule has 0 atom stereocenters. The van der Waals surface area contributed by atoms with Crippen molar-refractivity contribution < 1.29 is 0 Å². The first-order valence-corrected chi connectivity index (χ1v) is 21.3. The number of hydrogen-bond donors (Lipinski definition) is 0. The van der Waals surface area contributed by atoms with E-state index in [1.807, 2.05) is 0 Å². The van der Waals surface area contributed by atoms with Gasteiger partial charge in [-0.15, -0.1) is 0 Å². The SMILES string of the molecule is c1ccc(-c2c3ccccc3c(-c3ccc4cc(-c5c6ccccc6c(-c6ccc7ccccc7c6)c6c5cnc5ccccc56)ccc4c3)c3cnc4ccccc4c23)cc1. The Kier molecular flexibility index (Phi) is 7.64. The standard InChI is InChI=1S/C60H36N2/c1-2-15-38(16-3-1)57-47-20-8-6-18-45(47)55(51-35-61-53-24-12-10-22-49(53)59(51)57)42-30-27-41-34-43(31-28-40(41)33-42)56-46-19-7-9-21-48(46)58(44-29-26-37-14-4-5-17-39(37)32-44)60-50-23-11-13-25-54(50)62-36-52(56)60/h1-36H. The predicted molar refractivity (Wildman–Crippen MR) is 264 cm³/mol. The van der Waals surface area contributed by atoms with E-state index in [4.69, 9.17) is 9.97 Å². The van der Waals surface area contributed by atoms with Crippen molar-refractivity contribution in [3.8, 4) is 44.5 Å². The molecule has 0 N–H and O–H groups in total. The third-order valence-corrected chi connectivity index (χ3v) is 13.0. The summed E-state index contributed by atoms with van der Waals surface area (Å²) in [5, 5.41) is 16.8. The van der Waals surface area contributed by atoms with E-state index in [1.54, 1.807) is 0 Å². The number of rotatable bonds is 4. The molecular formula is C60H36N2. The number of nitrogens with zero attached hydrogens (tertiary/aromatic N) is 2. The Hall–Kier alpha value is -8.20.